The van der Waals surface area contributed by atoms with Gasteiger partial charge in [-0.3, -0.25) is 19.6 Å². The fraction of sp³-hybridized carbons (Fsp3) is 0.316. The highest BCUT2D eigenvalue weighted by atomic mass is 35.5. The Bertz CT molecular complexity index is 987. The maximum absolute atomic E-state index is 12.7. The number of hydrogen-bond acceptors (Lipinski definition) is 5. The molecule has 0 aliphatic rings. The molecule has 0 saturated carbocycles. The number of carbonyl (C=O) groups is 1. The monoisotopic (exact) mass is 439 g/mol. The number of benzene rings is 2. The topological polar surface area (TPSA) is 110 Å². The van der Waals surface area contributed by atoms with E-state index in [-0.39, 0.29) is 24.3 Å². The minimum absolute atomic E-state index is 0.119. The van der Waals surface area contributed by atoms with E-state index in [0.717, 1.165) is 6.07 Å². The number of nitro benzene ring substituents is 1. The molecule has 0 heterocycles. The van der Waals surface area contributed by atoms with E-state index in [1.165, 1.54) is 28.6 Å². The van der Waals surface area contributed by atoms with E-state index >= 15 is 0 Å². The van der Waals surface area contributed by atoms with E-state index in [9.17, 15) is 23.3 Å². The molecule has 2 aromatic rings. The van der Waals surface area contributed by atoms with Crippen LogP contribution < -0.4 is 4.72 Å². The number of hydrogen-bond donors (Lipinski definition) is 1. The first-order valence-corrected chi connectivity index (χ1v) is 10.9. The first kappa shape index (κ1) is 22.8. The molecule has 0 radical (unpaired) electrons. The predicted octanol–water partition coefficient (Wildman–Crippen LogP) is 4.26. The number of ketones is 1. The molecule has 2 rings (SSSR count). The average Bonchev–Trinajstić information content (AvgIpc) is 2.67. The third-order valence-electron chi connectivity index (χ3n) is 4.09. The number of nitro groups is 1. The minimum Gasteiger partial charge on any atom is -0.289 e. The van der Waals surface area contributed by atoms with E-state index in [1.54, 1.807) is 12.1 Å². The van der Waals surface area contributed by atoms with Crippen LogP contribution in [0.15, 0.2) is 42.5 Å². The van der Waals surface area contributed by atoms with Crippen LogP contribution in [0.1, 0.15) is 42.6 Å². The summed E-state index contributed by atoms with van der Waals surface area (Å²) >= 11 is 5.83. The van der Waals surface area contributed by atoms with Gasteiger partial charge < -0.3 is 0 Å². The number of halogens is 1. The van der Waals surface area contributed by atoms with Crippen molar-refractivity contribution in [2.45, 2.75) is 26.7 Å². The lowest BCUT2D eigenvalue weighted by molar-refractivity contribution is -0.383. The molecular formula is C19H22ClN3O5S. The molecule has 29 heavy (non-hydrogen) atoms. The van der Waals surface area contributed by atoms with Gasteiger partial charge in [0.25, 0.3) is 5.69 Å². The van der Waals surface area contributed by atoms with Gasteiger partial charge in [0.2, 0.25) is 0 Å². The van der Waals surface area contributed by atoms with Crippen molar-refractivity contribution in [1.82, 2.24) is 4.31 Å². The number of carbonyl (C=O) groups excluding carboxylic acids is 1. The van der Waals surface area contributed by atoms with Gasteiger partial charge in [0.1, 0.15) is 5.69 Å². The first-order chi connectivity index (χ1) is 13.7. The normalized spacial score (nSPS) is 11.4. The highest BCUT2D eigenvalue weighted by Gasteiger charge is 2.25. The molecule has 2 aromatic carbocycles. The number of nitrogens with zero attached hydrogens (tertiary/aromatic N) is 2. The van der Waals surface area contributed by atoms with Gasteiger partial charge in [-0.2, -0.15) is 12.7 Å². The van der Waals surface area contributed by atoms with Crippen molar-refractivity contribution in [1.29, 1.82) is 0 Å². The van der Waals surface area contributed by atoms with Crippen LogP contribution in [0.3, 0.4) is 0 Å². The van der Waals surface area contributed by atoms with E-state index < -0.39 is 26.6 Å². The molecule has 0 fully saturated rings. The number of anilines is 1. The summed E-state index contributed by atoms with van der Waals surface area (Å²) < 4.78 is 29.0. The minimum atomic E-state index is -4.02. The van der Waals surface area contributed by atoms with Crippen LogP contribution in [0, 0.1) is 10.1 Å². The predicted molar refractivity (Wildman–Crippen MR) is 113 cm³/mol. The molecule has 10 heteroatoms. The number of nitrogens with one attached hydrogen (secondary N) is 1. The molecule has 0 unspecified atom stereocenters. The largest absolute Gasteiger partial charge is 0.301 e. The Balaban J connectivity index is 2.44. The van der Waals surface area contributed by atoms with E-state index in [0.29, 0.717) is 23.4 Å². The van der Waals surface area contributed by atoms with Crippen LogP contribution in [0.4, 0.5) is 11.4 Å². The van der Waals surface area contributed by atoms with Gasteiger partial charge in [-0.05, 0) is 49.2 Å². The van der Waals surface area contributed by atoms with Crippen molar-refractivity contribution >= 4 is 39.0 Å². The molecule has 8 nitrogen and oxygen atoms in total. The van der Waals surface area contributed by atoms with Gasteiger partial charge in [-0.1, -0.05) is 25.4 Å². The summed E-state index contributed by atoms with van der Waals surface area (Å²) in [5, 5.41) is 11.8. The van der Waals surface area contributed by atoms with Gasteiger partial charge in [-0.15, -0.1) is 0 Å². The Morgan fingerprint density at radius 1 is 1.07 bits per heavy atom. The van der Waals surface area contributed by atoms with Gasteiger partial charge in [0.05, 0.1) is 4.92 Å². The zero-order valence-electron chi connectivity index (χ0n) is 16.1. The third kappa shape index (κ3) is 5.75. The van der Waals surface area contributed by atoms with Gasteiger partial charge in [0.15, 0.2) is 5.78 Å². The molecule has 0 saturated heterocycles. The fourth-order valence-electron chi connectivity index (χ4n) is 2.74. The lowest BCUT2D eigenvalue weighted by atomic mass is 10.0. The molecular weight excluding hydrogens is 418 g/mol. The second kappa shape index (κ2) is 9.82. The van der Waals surface area contributed by atoms with Crippen LogP contribution in [-0.2, 0) is 10.2 Å². The highest BCUT2D eigenvalue weighted by molar-refractivity contribution is 7.90. The number of rotatable bonds is 10. The average molecular weight is 440 g/mol. The SMILES string of the molecule is CCCN(CCC)S(=O)(=O)Nc1cc(C(=O)c2ccc(Cl)cc2)ccc1[N+](=O)[O-]. The van der Waals surface area contributed by atoms with Crippen molar-refractivity contribution in [2.75, 3.05) is 17.8 Å². The summed E-state index contributed by atoms with van der Waals surface area (Å²) in [4.78, 5) is 23.4. The molecule has 1 N–H and O–H groups in total. The zero-order valence-corrected chi connectivity index (χ0v) is 17.7. The van der Waals surface area contributed by atoms with Gasteiger partial charge in [-0.25, -0.2) is 0 Å². The van der Waals surface area contributed by atoms with Crippen LogP contribution in [0.5, 0.6) is 0 Å². The summed E-state index contributed by atoms with van der Waals surface area (Å²) in [7, 11) is -4.02. The lowest BCUT2D eigenvalue weighted by Crippen LogP contribution is -2.37. The Kier molecular flexibility index (Phi) is 7.72. The quantitative estimate of drug-likeness (QED) is 0.338. The second-order valence-electron chi connectivity index (χ2n) is 6.33. The zero-order chi connectivity index (χ0) is 21.6. The van der Waals surface area contributed by atoms with Crippen molar-refractivity contribution in [3.63, 3.8) is 0 Å². The Morgan fingerprint density at radius 3 is 2.14 bits per heavy atom. The smallest absolute Gasteiger partial charge is 0.289 e. The summed E-state index contributed by atoms with van der Waals surface area (Å²) in [6, 6.07) is 9.76. The van der Waals surface area contributed by atoms with Crippen LogP contribution >= 0.6 is 11.6 Å². The standard InChI is InChI=1S/C19H22ClN3O5S/c1-3-11-22(12-4-2)29(27,28)21-17-13-15(7-10-18(17)23(25)26)19(24)14-5-8-16(20)9-6-14/h5-10,13,21H,3-4,11-12H2,1-2H3. The molecule has 0 aliphatic heterocycles. The van der Waals surface area contributed by atoms with E-state index in [2.05, 4.69) is 4.72 Å². The van der Waals surface area contributed by atoms with Crippen LogP contribution in [-0.4, -0.2) is 36.5 Å². The Hall–Kier alpha value is -2.49. The maximum Gasteiger partial charge on any atom is 0.301 e. The molecule has 0 aromatic heterocycles. The summed E-state index contributed by atoms with van der Waals surface area (Å²) in [6.45, 7) is 4.23. The maximum atomic E-state index is 12.7. The molecule has 0 aliphatic carbocycles. The highest BCUT2D eigenvalue weighted by Crippen LogP contribution is 2.28. The summed E-state index contributed by atoms with van der Waals surface area (Å²) in [6.07, 6.45) is 1.19. The van der Waals surface area contributed by atoms with Crippen LogP contribution in [0.25, 0.3) is 0 Å². The first-order valence-electron chi connectivity index (χ1n) is 9.06. The molecule has 0 atom stereocenters. The van der Waals surface area contributed by atoms with Gasteiger partial charge >= 0.3 is 10.2 Å². The molecule has 0 amide bonds. The van der Waals surface area contributed by atoms with E-state index in [1.807, 2.05) is 13.8 Å². The van der Waals surface area contributed by atoms with Crippen molar-refractivity contribution in [3.8, 4) is 0 Å². The summed E-state index contributed by atoms with van der Waals surface area (Å²) in [5.74, 6) is -0.406. The molecule has 156 valence electrons. The third-order valence-corrected chi connectivity index (χ3v) is 5.86. The lowest BCUT2D eigenvalue weighted by Gasteiger charge is -2.21. The second-order valence-corrected chi connectivity index (χ2v) is 8.44. The van der Waals surface area contributed by atoms with Crippen molar-refractivity contribution in [2.24, 2.45) is 0 Å². The Labute approximate surface area is 174 Å². The van der Waals surface area contributed by atoms with Crippen molar-refractivity contribution < 1.29 is 18.1 Å². The summed E-state index contributed by atoms with van der Waals surface area (Å²) in [5.41, 5.74) is -0.245. The Morgan fingerprint density at radius 2 is 1.62 bits per heavy atom. The van der Waals surface area contributed by atoms with Gasteiger partial charge in [0, 0.05) is 35.3 Å². The molecule has 0 bridgehead atoms. The fourth-order valence-corrected chi connectivity index (χ4v) is 4.28. The van der Waals surface area contributed by atoms with E-state index in [4.69, 9.17) is 11.6 Å². The molecule has 0 spiro atoms. The van der Waals surface area contributed by atoms with Crippen molar-refractivity contribution in [3.05, 3.63) is 68.7 Å². The van der Waals surface area contributed by atoms with Crippen LogP contribution in [0.2, 0.25) is 5.02 Å².